The van der Waals surface area contributed by atoms with Crippen molar-refractivity contribution in [1.82, 2.24) is 9.78 Å². The van der Waals surface area contributed by atoms with E-state index in [9.17, 15) is 10.1 Å². The molecule has 2 aromatic rings. The first kappa shape index (κ1) is 14.5. The van der Waals surface area contributed by atoms with E-state index in [1.807, 2.05) is 14.0 Å². The van der Waals surface area contributed by atoms with E-state index in [1.54, 1.807) is 16.8 Å². The second-order valence-electron chi connectivity index (χ2n) is 4.23. The van der Waals surface area contributed by atoms with Gasteiger partial charge in [-0.1, -0.05) is 13.0 Å². The zero-order valence-corrected chi connectivity index (χ0v) is 12.8. The minimum absolute atomic E-state index is 0.0146. The molecule has 2 rings (SSSR count). The molecule has 0 atom stereocenters. The summed E-state index contributed by atoms with van der Waals surface area (Å²) in [7, 11) is 1.84. The molecule has 0 saturated carbocycles. The summed E-state index contributed by atoms with van der Waals surface area (Å²) in [5.74, 6) is 0.463. The fraction of sp³-hybridized carbons (Fsp3) is 0.308. The Kier molecular flexibility index (Phi) is 4.39. The van der Waals surface area contributed by atoms with Gasteiger partial charge in [-0.2, -0.15) is 5.10 Å². The number of non-ortho nitro benzene ring substituents is 1. The Morgan fingerprint density at radius 1 is 1.50 bits per heavy atom. The summed E-state index contributed by atoms with van der Waals surface area (Å²) >= 11 is 3.50. The minimum atomic E-state index is -0.442. The highest BCUT2D eigenvalue weighted by Crippen LogP contribution is 2.24. The number of aryl methyl sites for hydroxylation is 2. The number of halogens is 1. The van der Waals surface area contributed by atoms with Gasteiger partial charge in [0, 0.05) is 13.1 Å². The van der Waals surface area contributed by atoms with E-state index in [1.165, 1.54) is 12.1 Å². The number of hydrogen-bond donors (Lipinski definition) is 0. The molecule has 1 heterocycles. The Morgan fingerprint density at radius 3 is 2.85 bits per heavy atom. The van der Waals surface area contributed by atoms with Crippen molar-refractivity contribution in [3.05, 3.63) is 50.2 Å². The molecular weight excluding hydrogens is 326 g/mol. The Hall–Kier alpha value is -1.89. The molecule has 7 heteroatoms. The van der Waals surface area contributed by atoms with Crippen LogP contribution in [0.1, 0.15) is 18.3 Å². The summed E-state index contributed by atoms with van der Waals surface area (Å²) in [5.41, 5.74) is 1.87. The van der Waals surface area contributed by atoms with Crippen molar-refractivity contribution >= 4 is 21.6 Å². The topological polar surface area (TPSA) is 70.2 Å². The number of nitro groups is 1. The molecule has 0 spiro atoms. The summed E-state index contributed by atoms with van der Waals surface area (Å²) in [6.45, 7) is 2.32. The predicted octanol–water partition coefficient (Wildman–Crippen LogP) is 3.23. The van der Waals surface area contributed by atoms with Crippen LogP contribution in [0.5, 0.6) is 5.75 Å². The number of aromatic nitrogens is 2. The number of hydrogen-bond acceptors (Lipinski definition) is 4. The van der Waals surface area contributed by atoms with Crippen LogP contribution in [-0.4, -0.2) is 14.7 Å². The lowest BCUT2D eigenvalue weighted by Gasteiger charge is -2.06. The van der Waals surface area contributed by atoms with Gasteiger partial charge in [0.15, 0.2) is 0 Å². The second kappa shape index (κ2) is 6.04. The third kappa shape index (κ3) is 2.98. The number of nitrogens with zero attached hydrogens (tertiary/aromatic N) is 3. The van der Waals surface area contributed by atoms with E-state index in [4.69, 9.17) is 4.74 Å². The van der Waals surface area contributed by atoms with Crippen LogP contribution in [0, 0.1) is 10.1 Å². The standard InChI is InChI=1S/C13H14BrN3O3/c1-3-11-13(14)12(16(2)15-11)8-20-10-6-4-5-9(7-10)17(18)19/h4-7H,3,8H2,1-2H3. The van der Waals surface area contributed by atoms with Crippen LogP contribution in [0.3, 0.4) is 0 Å². The maximum Gasteiger partial charge on any atom is 0.273 e. The molecule has 1 aromatic heterocycles. The summed E-state index contributed by atoms with van der Waals surface area (Å²) in [6, 6.07) is 6.13. The van der Waals surface area contributed by atoms with Gasteiger partial charge in [0.1, 0.15) is 12.4 Å². The van der Waals surface area contributed by atoms with Gasteiger partial charge in [0.05, 0.1) is 26.9 Å². The fourth-order valence-electron chi connectivity index (χ4n) is 1.82. The van der Waals surface area contributed by atoms with E-state index < -0.39 is 4.92 Å². The molecule has 0 N–H and O–H groups in total. The van der Waals surface area contributed by atoms with Crippen molar-refractivity contribution in [2.24, 2.45) is 7.05 Å². The quantitative estimate of drug-likeness (QED) is 0.619. The molecule has 0 aliphatic carbocycles. The third-order valence-electron chi connectivity index (χ3n) is 2.91. The Balaban J connectivity index is 2.15. The van der Waals surface area contributed by atoms with Crippen molar-refractivity contribution in [3.8, 4) is 5.75 Å². The second-order valence-corrected chi connectivity index (χ2v) is 5.02. The summed E-state index contributed by atoms with van der Waals surface area (Å²) in [5, 5.41) is 15.1. The van der Waals surface area contributed by atoms with Crippen LogP contribution in [0.2, 0.25) is 0 Å². The molecule has 0 radical (unpaired) electrons. The van der Waals surface area contributed by atoms with Crippen molar-refractivity contribution < 1.29 is 9.66 Å². The molecule has 20 heavy (non-hydrogen) atoms. The smallest absolute Gasteiger partial charge is 0.273 e. The summed E-state index contributed by atoms with van der Waals surface area (Å²) < 4.78 is 8.28. The predicted molar refractivity (Wildman–Crippen MR) is 77.7 cm³/mol. The van der Waals surface area contributed by atoms with Gasteiger partial charge in [-0.15, -0.1) is 0 Å². The molecule has 0 fully saturated rings. The van der Waals surface area contributed by atoms with E-state index in [0.717, 1.165) is 22.3 Å². The fourth-order valence-corrected chi connectivity index (χ4v) is 2.55. The SMILES string of the molecule is CCc1nn(C)c(COc2cccc([N+](=O)[O-])c2)c1Br. The first-order valence-corrected chi connectivity index (χ1v) is 6.89. The van der Waals surface area contributed by atoms with E-state index in [0.29, 0.717) is 12.4 Å². The Labute approximate surface area is 124 Å². The first-order chi connectivity index (χ1) is 9.52. The zero-order chi connectivity index (χ0) is 14.7. The molecule has 0 bridgehead atoms. The third-order valence-corrected chi connectivity index (χ3v) is 3.82. The van der Waals surface area contributed by atoms with Crippen LogP contribution in [0.25, 0.3) is 0 Å². The molecule has 6 nitrogen and oxygen atoms in total. The normalized spacial score (nSPS) is 10.6. The molecule has 0 aliphatic heterocycles. The first-order valence-electron chi connectivity index (χ1n) is 6.10. The molecule has 0 aliphatic rings. The van der Waals surface area contributed by atoms with Gasteiger partial charge in [-0.05, 0) is 28.4 Å². The monoisotopic (exact) mass is 339 g/mol. The number of rotatable bonds is 5. The molecule has 106 valence electrons. The van der Waals surface area contributed by atoms with Gasteiger partial charge in [-0.25, -0.2) is 0 Å². The van der Waals surface area contributed by atoms with E-state index in [2.05, 4.69) is 21.0 Å². The van der Waals surface area contributed by atoms with E-state index in [-0.39, 0.29) is 5.69 Å². The van der Waals surface area contributed by atoms with Gasteiger partial charge >= 0.3 is 0 Å². The van der Waals surface area contributed by atoms with Crippen molar-refractivity contribution in [3.63, 3.8) is 0 Å². The zero-order valence-electron chi connectivity index (χ0n) is 11.2. The average molecular weight is 340 g/mol. The van der Waals surface area contributed by atoms with Crippen molar-refractivity contribution in [1.29, 1.82) is 0 Å². The number of nitro benzene ring substituents is 1. The van der Waals surface area contributed by atoms with Gasteiger partial charge in [0.2, 0.25) is 0 Å². The highest BCUT2D eigenvalue weighted by atomic mass is 79.9. The van der Waals surface area contributed by atoms with Crippen LogP contribution >= 0.6 is 15.9 Å². The van der Waals surface area contributed by atoms with Crippen LogP contribution in [-0.2, 0) is 20.1 Å². The van der Waals surface area contributed by atoms with Crippen LogP contribution in [0.15, 0.2) is 28.7 Å². The molecule has 0 unspecified atom stereocenters. The van der Waals surface area contributed by atoms with Crippen molar-refractivity contribution in [2.75, 3.05) is 0 Å². The lowest BCUT2D eigenvalue weighted by Crippen LogP contribution is -2.03. The maximum absolute atomic E-state index is 10.7. The van der Waals surface area contributed by atoms with Crippen LogP contribution < -0.4 is 4.74 Å². The lowest BCUT2D eigenvalue weighted by molar-refractivity contribution is -0.384. The number of benzene rings is 1. The van der Waals surface area contributed by atoms with E-state index >= 15 is 0 Å². The average Bonchev–Trinajstić information content (AvgIpc) is 2.71. The highest BCUT2D eigenvalue weighted by Gasteiger charge is 2.13. The van der Waals surface area contributed by atoms with Gasteiger partial charge in [0.25, 0.3) is 5.69 Å². The Morgan fingerprint density at radius 2 is 2.25 bits per heavy atom. The summed E-state index contributed by atoms with van der Waals surface area (Å²) in [6.07, 6.45) is 0.825. The largest absolute Gasteiger partial charge is 0.487 e. The molecule has 0 saturated heterocycles. The molecular formula is C13H14BrN3O3. The molecule has 1 aromatic carbocycles. The highest BCUT2D eigenvalue weighted by molar-refractivity contribution is 9.10. The minimum Gasteiger partial charge on any atom is -0.487 e. The number of ether oxygens (including phenoxy) is 1. The van der Waals surface area contributed by atoms with Gasteiger partial charge in [-0.3, -0.25) is 14.8 Å². The summed E-state index contributed by atoms with van der Waals surface area (Å²) in [4.78, 5) is 10.3. The van der Waals surface area contributed by atoms with Crippen molar-refractivity contribution in [2.45, 2.75) is 20.0 Å². The van der Waals surface area contributed by atoms with Gasteiger partial charge < -0.3 is 4.74 Å². The lowest BCUT2D eigenvalue weighted by atomic mass is 10.3. The molecule has 0 amide bonds. The Bertz CT molecular complexity index is 640. The van der Waals surface area contributed by atoms with Crippen LogP contribution in [0.4, 0.5) is 5.69 Å². The maximum atomic E-state index is 10.7.